The molecule has 0 unspecified atom stereocenters. The van der Waals surface area contributed by atoms with Gasteiger partial charge in [-0.2, -0.15) is 0 Å². The van der Waals surface area contributed by atoms with E-state index in [1.165, 1.54) is 5.56 Å². The van der Waals surface area contributed by atoms with Crippen molar-refractivity contribution in [3.8, 4) is 0 Å². The van der Waals surface area contributed by atoms with Crippen LogP contribution >= 0.6 is 0 Å². The molecule has 13 heavy (non-hydrogen) atoms. The summed E-state index contributed by atoms with van der Waals surface area (Å²) in [6, 6.07) is 10.3. The van der Waals surface area contributed by atoms with Crippen molar-refractivity contribution in [2.45, 2.75) is 32.8 Å². The Kier molecular flexibility index (Phi) is 3.97. The molecule has 0 radical (unpaired) electrons. The minimum Gasteiger partial charge on any atom is -0.393 e. The molecule has 0 saturated carbocycles. The van der Waals surface area contributed by atoms with Gasteiger partial charge in [-0.05, 0) is 24.3 Å². The molecule has 0 bridgehead atoms. The van der Waals surface area contributed by atoms with Crippen LogP contribution in [0.25, 0.3) is 0 Å². The van der Waals surface area contributed by atoms with Crippen LogP contribution in [0.1, 0.15) is 25.8 Å². The molecule has 72 valence electrons. The summed E-state index contributed by atoms with van der Waals surface area (Å²) in [6.07, 6.45) is 1.67. The summed E-state index contributed by atoms with van der Waals surface area (Å²) in [6.45, 7) is 4.10. The lowest BCUT2D eigenvalue weighted by Crippen LogP contribution is -2.15. The highest BCUT2D eigenvalue weighted by Gasteiger charge is 2.08. The van der Waals surface area contributed by atoms with Crippen molar-refractivity contribution in [1.82, 2.24) is 0 Å². The van der Waals surface area contributed by atoms with Gasteiger partial charge in [0.2, 0.25) is 0 Å². The standard InChI is InChI=1S/C12H18O/c1-10(2)12(13)9-8-11-6-4-3-5-7-11/h3-7,10,12-13H,8-9H2,1-2H3/t12-/m1/s1. The van der Waals surface area contributed by atoms with Gasteiger partial charge in [-0.15, -0.1) is 0 Å². The maximum Gasteiger partial charge on any atom is 0.0566 e. The third-order valence-electron chi connectivity index (χ3n) is 2.34. The first-order chi connectivity index (χ1) is 6.20. The van der Waals surface area contributed by atoms with Crippen LogP contribution < -0.4 is 0 Å². The van der Waals surface area contributed by atoms with Crippen LogP contribution in [0.15, 0.2) is 30.3 Å². The molecule has 0 fully saturated rings. The molecule has 0 aliphatic rings. The molecule has 1 aromatic carbocycles. The molecular weight excluding hydrogens is 160 g/mol. The van der Waals surface area contributed by atoms with E-state index < -0.39 is 0 Å². The lowest BCUT2D eigenvalue weighted by Gasteiger charge is -2.13. The van der Waals surface area contributed by atoms with Crippen LogP contribution in [0, 0.1) is 5.92 Å². The van der Waals surface area contributed by atoms with Crippen LogP contribution in [0.4, 0.5) is 0 Å². The number of hydrogen-bond donors (Lipinski definition) is 1. The molecule has 0 aliphatic carbocycles. The molecule has 0 heterocycles. The third-order valence-corrected chi connectivity index (χ3v) is 2.34. The molecule has 1 rings (SSSR count). The zero-order valence-corrected chi connectivity index (χ0v) is 8.40. The Balaban J connectivity index is 2.35. The Morgan fingerprint density at radius 3 is 2.31 bits per heavy atom. The first-order valence-corrected chi connectivity index (χ1v) is 4.92. The quantitative estimate of drug-likeness (QED) is 0.751. The molecular formula is C12H18O. The van der Waals surface area contributed by atoms with E-state index in [0.29, 0.717) is 5.92 Å². The highest BCUT2D eigenvalue weighted by Crippen LogP contribution is 2.10. The molecule has 1 heteroatoms. The molecule has 1 atom stereocenters. The molecule has 1 N–H and O–H groups in total. The predicted molar refractivity (Wildman–Crippen MR) is 55.6 cm³/mol. The second kappa shape index (κ2) is 5.03. The van der Waals surface area contributed by atoms with Crippen LogP contribution in [-0.2, 0) is 6.42 Å². The maximum atomic E-state index is 9.59. The molecule has 0 amide bonds. The van der Waals surface area contributed by atoms with Crippen LogP contribution in [-0.4, -0.2) is 11.2 Å². The lowest BCUT2D eigenvalue weighted by molar-refractivity contribution is 0.116. The summed E-state index contributed by atoms with van der Waals surface area (Å²) >= 11 is 0. The molecule has 1 nitrogen and oxygen atoms in total. The topological polar surface area (TPSA) is 20.2 Å². The monoisotopic (exact) mass is 178 g/mol. The van der Waals surface area contributed by atoms with Crippen molar-refractivity contribution in [3.05, 3.63) is 35.9 Å². The Morgan fingerprint density at radius 2 is 1.77 bits per heavy atom. The second-order valence-electron chi connectivity index (χ2n) is 3.84. The number of aliphatic hydroxyl groups excluding tert-OH is 1. The largest absolute Gasteiger partial charge is 0.393 e. The van der Waals surface area contributed by atoms with Crippen molar-refractivity contribution in [1.29, 1.82) is 0 Å². The predicted octanol–water partition coefficient (Wildman–Crippen LogP) is 2.64. The molecule has 0 spiro atoms. The van der Waals surface area contributed by atoms with E-state index in [1.54, 1.807) is 0 Å². The van der Waals surface area contributed by atoms with Crippen molar-refractivity contribution < 1.29 is 5.11 Å². The maximum absolute atomic E-state index is 9.59. The van der Waals surface area contributed by atoms with Gasteiger partial charge in [0.05, 0.1) is 6.10 Å². The fraction of sp³-hybridized carbons (Fsp3) is 0.500. The van der Waals surface area contributed by atoms with E-state index in [-0.39, 0.29) is 6.10 Å². The van der Waals surface area contributed by atoms with E-state index in [2.05, 4.69) is 26.0 Å². The highest BCUT2D eigenvalue weighted by molar-refractivity contribution is 5.14. The van der Waals surface area contributed by atoms with Crippen molar-refractivity contribution in [3.63, 3.8) is 0 Å². The minimum atomic E-state index is -0.166. The van der Waals surface area contributed by atoms with E-state index in [0.717, 1.165) is 12.8 Å². The fourth-order valence-corrected chi connectivity index (χ4v) is 1.29. The van der Waals surface area contributed by atoms with Gasteiger partial charge >= 0.3 is 0 Å². The number of hydrogen-bond acceptors (Lipinski definition) is 1. The Bertz CT molecular complexity index is 228. The normalized spacial score (nSPS) is 13.2. The number of aryl methyl sites for hydroxylation is 1. The Morgan fingerprint density at radius 1 is 1.15 bits per heavy atom. The molecule has 0 aromatic heterocycles. The number of aliphatic hydroxyl groups is 1. The minimum absolute atomic E-state index is 0.166. The van der Waals surface area contributed by atoms with Crippen molar-refractivity contribution in [2.24, 2.45) is 5.92 Å². The summed E-state index contributed by atoms with van der Waals surface area (Å²) in [5.74, 6) is 0.365. The van der Waals surface area contributed by atoms with Crippen molar-refractivity contribution >= 4 is 0 Å². The fourth-order valence-electron chi connectivity index (χ4n) is 1.29. The SMILES string of the molecule is CC(C)[C@H](O)CCc1ccccc1. The summed E-state index contributed by atoms with van der Waals surface area (Å²) < 4.78 is 0. The smallest absolute Gasteiger partial charge is 0.0566 e. The third kappa shape index (κ3) is 3.60. The summed E-state index contributed by atoms with van der Waals surface area (Å²) in [4.78, 5) is 0. The van der Waals surface area contributed by atoms with Gasteiger partial charge in [-0.1, -0.05) is 44.2 Å². The van der Waals surface area contributed by atoms with Gasteiger partial charge in [-0.3, -0.25) is 0 Å². The summed E-state index contributed by atoms with van der Waals surface area (Å²) in [5.41, 5.74) is 1.31. The van der Waals surface area contributed by atoms with Gasteiger partial charge < -0.3 is 5.11 Å². The van der Waals surface area contributed by atoms with Gasteiger partial charge in [0, 0.05) is 0 Å². The summed E-state index contributed by atoms with van der Waals surface area (Å²) in [7, 11) is 0. The second-order valence-corrected chi connectivity index (χ2v) is 3.84. The van der Waals surface area contributed by atoms with Gasteiger partial charge in [0.25, 0.3) is 0 Å². The van der Waals surface area contributed by atoms with E-state index >= 15 is 0 Å². The van der Waals surface area contributed by atoms with Crippen LogP contribution in [0.3, 0.4) is 0 Å². The Labute approximate surface area is 80.4 Å². The van der Waals surface area contributed by atoms with E-state index in [4.69, 9.17) is 0 Å². The highest BCUT2D eigenvalue weighted by atomic mass is 16.3. The average molecular weight is 178 g/mol. The van der Waals surface area contributed by atoms with Crippen LogP contribution in [0.2, 0.25) is 0 Å². The van der Waals surface area contributed by atoms with Gasteiger partial charge in [0.1, 0.15) is 0 Å². The zero-order chi connectivity index (χ0) is 9.68. The van der Waals surface area contributed by atoms with E-state index in [9.17, 15) is 5.11 Å². The molecule has 1 aromatic rings. The Hall–Kier alpha value is -0.820. The first-order valence-electron chi connectivity index (χ1n) is 4.92. The molecule has 0 aliphatic heterocycles. The summed E-state index contributed by atoms with van der Waals surface area (Å²) in [5, 5.41) is 9.59. The zero-order valence-electron chi connectivity index (χ0n) is 8.40. The number of benzene rings is 1. The number of rotatable bonds is 4. The average Bonchev–Trinajstić information content (AvgIpc) is 2.15. The lowest BCUT2D eigenvalue weighted by atomic mass is 9.99. The molecule has 0 saturated heterocycles. The first kappa shape index (κ1) is 10.3. The van der Waals surface area contributed by atoms with Crippen LogP contribution in [0.5, 0.6) is 0 Å². The van der Waals surface area contributed by atoms with Crippen molar-refractivity contribution in [2.75, 3.05) is 0 Å². The van der Waals surface area contributed by atoms with E-state index in [1.807, 2.05) is 18.2 Å². The van der Waals surface area contributed by atoms with Gasteiger partial charge in [-0.25, -0.2) is 0 Å². The van der Waals surface area contributed by atoms with Gasteiger partial charge in [0.15, 0.2) is 0 Å².